The van der Waals surface area contributed by atoms with Crippen LogP contribution in [-0.4, -0.2) is 86.1 Å². The molecule has 0 radical (unpaired) electrons. The fourth-order valence-electron chi connectivity index (χ4n) is 6.01. The first-order chi connectivity index (χ1) is 20.9. The molecule has 3 aromatic rings. The van der Waals surface area contributed by atoms with Crippen LogP contribution in [0.2, 0.25) is 0 Å². The Hall–Kier alpha value is -4.22. The third-order valence-electron chi connectivity index (χ3n) is 8.24. The van der Waals surface area contributed by atoms with E-state index in [1.165, 1.54) is 6.42 Å². The van der Waals surface area contributed by atoms with E-state index in [1.807, 2.05) is 39.8 Å². The molecule has 44 heavy (non-hydrogen) atoms. The fraction of sp³-hybridized carbons (Fsp3) is 0.562. The maximum absolute atomic E-state index is 13.1. The van der Waals surface area contributed by atoms with Crippen LogP contribution in [0.3, 0.4) is 0 Å². The van der Waals surface area contributed by atoms with Gasteiger partial charge in [-0.15, -0.1) is 0 Å². The number of aromatic nitrogens is 4. The summed E-state index contributed by atoms with van der Waals surface area (Å²) in [5.41, 5.74) is 1.40. The number of carbonyl (C=O) groups is 3. The van der Waals surface area contributed by atoms with E-state index in [-0.39, 0.29) is 30.3 Å². The van der Waals surface area contributed by atoms with E-state index in [2.05, 4.69) is 19.9 Å². The molecule has 2 aliphatic rings. The highest BCUT2D eigenvalue weighted by Crippen LogP contribution is 2.34. The van der Waals surface area contributed by atoms with Gasteiger partial charge in [-0.2, -0.15) is 4.98 Å². The molecular formula is C32H44N8O4. The lowest BCUT2D eigenvalue weighted by molar-refractivity contribution is -0.118. The van der Waals surface area contributed by atoms with Gasteiger partial charge in [-0.25, -0.2) is 14.8 Å². The normalized spacial score (nSPS) is 18.3. The van der Waals surface area contributed by atoms with Crippen LogP contribution in [0.25, 0.3) is 11.0 Å². The third kappa shape index (κ3) is 6.79. The Kier molecular flexibility index (Phi) is 9.07. The number of ether oxygens (including phenoxy) is 1. The lowest BCUT2D eigenvalue weighted by Gasteiger charge is -2.32. The number of hydrogen-bond acceptors (Lipinski definition) is 8. The summed E-state index contributed by atoms with van der Waals surface area (Å²) in [6, 6.07) is 5.53. The lowest BCUT2D eigenvalue weighted by Crippen LogP contribution is -2.46. The predicted molar refractivity (Wildman–Crippen MR) is 169 cm³/mol. The zero-order chi connectivity index (χ0) is 31.6. The second-order valence-electron chi connectivity index (χ2n) is 12.9. The van der Waals surface area contributed by atoms with E-state index in [9.17, 15) is 14.4 Å². The van der Waals surface area contributed by atoms with Crippen molar-refractivity contribution >= 4 is 46.4 Å². The highest BCUT2D eigenvalue weighted by molar-refractivity contribution is 5.98. The van der Waals surface area contributed by atoms with Crippen molar-refractivity contribution < 1.29 is 19.1 Å². The van der Waals surface area contributed by atoms with Gasteiger partial charge in [-0.05, 0) is 58.2 Å². The quantitative estimate of drug-likeness (QED) is 0.389. The van der Waals surface area contributed by atoms with Gasteiger partial charge in [0.05, 0.1) is 17.9 Å². The van der Waals surface area contributed by atoms with Crippen molar-refractivity contribution in [2.24, 2.45) is 0 Å². The Labute approximate surface area is 258 Å². The van der Waals surface area contributed by atoms with Gasteiger partial charge in [0.2, 0.25) is 11.9 Å². The molecule has 0 spiro atoms. The van der Waals surface area contributed by atoms with Crippen LogP contribution in [0, 0.1) is 0 Å². The number of hydrogen-bond donors (Lipinski definition) is 1. The molecule has 1 saturated carbocycles. The first-order valence-corrected chi connectivity index (χ1v) is 15.6. The Bertz CT molecular complexity index is 1500. The second-order valence-corrected chi connectivity index (χ2v) is 12.9. The molecule has 4 heterocycles. The van der Waals surface area contributed by atoms with Gasteiger partial charge in [0, 0.05) is 51.2 Å². The number of anilines is 3. The summed E-state index contributed by atoms with van der Waals surface area (Å²) in [4.78, 5) is 58.0. The molecule has 12 heteroatoms. The van der Waals surface area contributed by atoms with Gasteiger partial charge >= 0.3 is 6.09 Å². The molecule has 1 aliphatic heterocycles. The molecule has 12 nitrogen and oxygen atoms in total. The predicted octanol–water partition coefficient (Wildman–Crippen LogP) is 5.53. The van der Waals surface area contributed by atoms with Gasteiger partial charge in [0.1, 0.15) is 22.8 Å². The number of nitrogens with zero attached hydrogens (tertiary/aromatic N) is 7. The average molecular weight is 605 g/mol. The highest BCUT2D eigenvalue weighted by Gasteiger charge is 2.34. The van der Waals surface area contributed by atoms with E-state index in [0.29, 0.717) is 42.7 Å². The molecular weight excluding hydrogens is 560 g/mol. The van der Waals surface area contributed by atoms with Crippen molar-refractivity contribution in [3.05, 3.63) is 36.3 Å². The number of fused-ring (bicyclic) bond motifs is 1. The van der Waals surface area contributed by atoms with Crippen molar-refractivity contribution in [2.45, 2.75) is 90.3 Å². The summed E-state index contributed by atoms with van der Waals surface area (Å²) in [6.45, 7) is 8.17. The van der Waals surface area contributed by atoms with Crippen molar-refractivity contribution in [2.75, 3.05) is 37.4 Å². The Morgan fingerprint density at radius 1 is 1.09 bits per heavy atom. The Morgan fingerprint density at radius 2 is 1.84 bits per heavy atom. The maximum atomic E-state index is 13.1. The molecule has 0 aromatic carbocycles. The van der Waals surface area contributed by atoms with E-state index in [1.54, 1.807) is 47.3 Å². The minimum absolute atomic E-state index is 0.0528. The molecule has 0 bridgehead atoms. The van der Waals surface area contributed by atoms with Crippen LogP contribution in [0.4, 0.5) is 22.2 Å². The topological polar surface area (TPSA) is 126 Å². The lowest BCUT2D eigenvalue weighted by atomic mass is 9.95. The van der Waals surface area contributed by atoms with E-state index in [0.717, 1.165) is 36.7 Å². The summed E-state index contributed by atoms with van der Waals surface area (Å²) in [7, 11) is 3.52. The number of pyridine rings is 1. The maximum Gasteiger partial charge on any atom is 0.410 e. The standard InChI is InChI=1S/C32H44N8O4/c1-7-22-20-39(27(41)15-16-38(22)31(43)44-32(2,3)4)24-13-14-26(33-19-24)35-30-34-18-21-17-25(29(42)37(5)6)40(28(21)36-30)23-11-9-8-10-12-23/h13-14,17-19,22-23H,7-12,15-16,20H2,1-6H3,(H,33,34,35,36). The summed E-state index contributed by atoms with van der Waals surface area (Å²) in [5.74, 6) is 0.778. The van der Waals surface area contributed by atoms with Crippen molar-refractivity contribution in [3.8, 4) is 0 Å². The minimum Gasteiger partial charge on any atom is -0.444 e. The summed E-state index contributed by atoms with van der Waals surface area (Å²) in [6.07, 6.45) is 9.35. The second kappa shape index (κ2) is 12.8. The number of amides is 3. The van der Waals surface area contributed by atoms with Crippen LogP contribution in [0.1, 0.15) is 89.2 Å². The van der Waals surface area contributed by atoms with Crippen LogP contribution in [0.15, 0.2) is 30.6 Å². The van der Waals surface area contributed by atoms with E-state index < -0.39 is 11.7 Å². The minimum atomic E-state index is -0.614. The smallest absolute Gasteiger partial charge is 0.410 e. The molecule has 3 amide bonds. The van der Waals surface area contributed by atoms with Crippen molar-refractivity contribution in [3.63, 3.8) is 0 Å². The molecule has 3 aromatic heterocycles. The van der Waals surface area contributed by atoms with Gasteiger partial charge in [0.25, 0.3) is 5.91 Å². The van der Waals surface area contributed by atoms with Gasteiger partial charge < -0.3 is 29.3 Å². The van der Waals surface area contributed by atoms with Gasteiger partial charge in [-0.1, -0.05) is 26.2 Å². The average Bonchev–Trinajstić information content (AvgIpc) is 3.27. The molecule has 1 unspecified atom stereocenters. The molecule has 1 aliphatic carbocycles. The summed E-state index contributed by atoms with van der Waals surface area (Å²) < 4.78 is 7.70. The molecule has 1 saturated heterocycles. The van der Waals surface area contributed by atoms with E-state index in [4.69, 9.17) is 9.72 Å². The zero-order valence-electron chi connectivity index (χ0n) is 26.7. The van der Waals surface area contributed by atoms with Gasteiger partial charge in [-0.3, -0.25) is 9.59 Å². The molecule has 1 atom stereocenters. The monoisotopic (exact) mass is 604 g/mol. The number of rotatable bonds is 6. The SMILES string of the molecule is CCC1CN(c2ccc(Nc3ncc4cc(C(=O)N(C)C)n(C5CCCCC5)c4n3)nc2)C(=O)CCN1C(=O)OC(C)(C)C. The number of carbonyl (C=O) groups excluding carboxylic acids is 3. The van der Waals surface area contributed by atoms with E-state index >= 15 is 0 Å². The van der Waals surface area contributed by atoms with Crippen LogP contribution >= 0.6 is 0 Å². The number of nitrogens with one attached hydrogen (secondary N) is 1. The van der Waals surface area contributed by atoms with Crippen LogP contribution in [0.5, 0.6) is 0 Å². The zero-order valence-corrected chi connectivity index (χ0v) is 26.7. The molecule has 236 valence electrons. The first-order valence-electron chi connectivity index (χ1n) is 15.6. The first kappa shape index (κ1) is 31.2. The summed E-state index contributed by atoms with van der Waals surface area (Å²) >= 11 is 0. The molecule has 1 N–H and O–H groups in total. The van der Waals surface area contributed by atoms with Crippen LogP contribution < -0.4 is 10.2 Å². The fourth-order valence-corrected chi connectivity index (χ4v) is 6.01. The Balaban J connectivity index is 1.36. The third-order valence-corrected chi connectivity index (χ3v) is 8.24. The van der Waals surface area contributed by atoms with Crippen molar-refractivity contribution in [1.82, 2.24) is 29.3 Å². The molecule has 2 fully saturated rings. The largest absolute Gasteiger partial charge is 0.444 e. The van der Waals surface area contributed by atoms with Gasteiger partial charge in [0.15, 0.2) is 0 Å². The van der Waals surface area contributed by atoms with Crippen LogP contribution in [-0.2, 0) is 9.53 Å². The molecule has 5 rings (SSSR count). The Morgan fingerprint density at radius 3 is 2.48 bits per heavy atom. The van der Waals surface area contributed by atoms with Crippen molar-refractivity contribution in [1.29, 1.82) is 0 Å². The highest BCUT2D eigenvalue weighted by atomic mass is 16.6. The summed E-state index contributed by atoms with van der Waals surface area (Å²) in [5, 5.41) is 4.01.